The Balaban J connectivity index is 2.76. The number of hydrogen-bond acceptors (Lipinski definition) is 4. The molecule has 0 fully saturated rings. The molecule has 0 atom stereocenters. The third kappa shape index (κ3) is 5.41. The molecule has 0 aliphatic carbocycles. The first kappa shape index (κ1) is 15.0. The van der Waals surface area contributed by atoms with Crippen molar-refractivity contribution in [3.8, 4) is 0 Å². The minimum absolute atomic E-state index is 0.148. The number of carboxylic acid groups (broad SMARTS) is 1. The number of amides is 1. The second-order valence-corrected chi connectivity index (χ2v) is 5.25. The zero-order valence-electron chi connectivity index (χ0n) is 11.6. The fraction of sp³-hybridized carbons (Fsp3) is 0.583. The summed E-state index contributed by atoms with van der Waals surface area (Å²) < 4.78 is 6.76. The predicted octanol–water partition coefficient (Wildman–Crippen LogP) is 1.24. The van der Waals surface area contributed by atoms with E-state index in [0.717, 1.165) is 10.5 Å². The molecule has 1 aromatic heterocycles. The van der Waals surface area contributed by atoms with E-state index in [-0.39, 0.29) is 6.54 Å². The van der Waals surface area contributed by atoms with Gasteiger partial charge in [0.25, 0.3) is 0 Å². The van der Waals surface area contributed by atoms with Crippen LogP contribution in [0.4, 0.5) is 4.79 Å². The lowest BCUT2D eigenvalue weighted by Crippen LogP contribution is -2.39. The lowest BCUT2D eigenvalue weighted by Gasteiger charge is -2.26. The molecular weight excluding hydrogens is 250 g/mol. The highest BCUT2D eigenvalue weighted by molar-refractivity contribution is 5.76. The number of hydrogen-bond donors (Lipinski definition) is 1. The Morgan fingerprint density at radius 2 is 2.11 bits per heavy atom. The first-order valence-electron chi connectivity index (χ1n) is 5.84. The van der Waals surface area contributed by atoms with E-state index in [1.807, 2.05) is 0 Å². The molecule has 0 unspecified atom stereocenters. The zero-order chi connectivity index (χ0) is 14.6. The van der Waals surface area contributed by atoms with Gasteiger partial charge in [0.1, 0.15) is 12.1 Å². The molecule has 1 rings (SSSR count). The fourth-order valence-electron chi connectivity index (χ4n) is 1.45. The van der Waals surface area contributed by atoms with Crippen molar-refractivity contribution < 1.29 is 19.4 Å². The van der Waals surface area contributed by atoms with Crippen LogP contribution in [0.2, 0.25) is 0 Å². The average molecular weight is 269 g/mol. The molecule has 1 amide bonds. The summed E-state index contributed by atoms with van der Waals surface area (Å²) in [6.45, 7) is 4.93. The second kappa shape index (κ2) is 5.73. The van der Waals surface area contributed by atoms with E-state index in [1.165, 1.54) is 0 Å². The summed E-state index contributed by atoms with van der Waals surface area (Å²) in [6.07, 6.45) is 2.65. The SMILES string of the molecule is Cn1cc(CN(CC(=O)O)C(=O)OC(C)(C)C)cn1. The number of aromatic nitrogens is 2. The van der Waals surface area contributed by atoms with Crippen molar-refractivity contribution in [2.75, 3.05) is 6.54 Å². The molecular formula is C12H19N3O4. The molecule has 1 aromatic rings. The Kier molecular flexibility index (Phi) is 4.52. The number of aryl methyl sites for hydroxylation is 1. The number of carboxylic acids is 1. The largest absolute Gasteiger partial charge is 0.480 e. The molecule has 1 heterocycles. The van der Waals surface area contributed by atoms with Crippen LogP contribution in [-0.4, -0.2) is 44.0 Å². The van der Waals surface area contributed by atoms with Gasteiger partial charge in [0, 0.05) is 18.8 Å². The highest BCUT2D eigenvalue weighted by Crippen LogP contribution is 2.12. The molecule has 19 heavy (non-hydrogen) atoms. The summed E-state index contributed by atoms with van der Waals surface area (Å²) >= 11 is 0. The van der Waals surface area contributed by atoms with E-state index in [2.05, 4.69) is 5.10 Å². The molecule has 1 N–H and O–H groups in total. The predicted molar refractivity (Wildman–Crippen MR) is 67.5 cm³/mol. The number of carbonyl (C=O) groups is 2. The molecule has 0 spiro atoms. The number of carbonyl (C=O) groups excluding carboxylic acids is 1. The normalized spacial score (nSPS) is 11.2. The van der Waals surface area contributed by atoms with Crippen LogP contribution in [0.3, 0.4) is 0 Å². The van der Waals surface area contributed by atoms with E-state index in [4.69, 9.17) is 9.84 Å². The molecule has 7 heteroatoms. The summed E-state index contributed by atoms with van der Waals surface area (Å²) in [5, 5.41) is 12.8. The lowest BCUT2D eigenvalue weighted by molar-refractivity contribution is -0.138. The molecule has 106 valence electrons. The van der Waals surface area contributed by atoms with Gasteiger partial charge in [-0.1, -0.05) is 0 Å². The first-order valence-corrected chi connectivity index (χ1v) is 5.84. The molecule has 7 nitrogen and oxygen atoms in total. The first-order chi connectivity index (χ1) is 8.67. The molecule has 0 aliphatic heterocycles. The topological polar surface area (TPSA) is 84.7 Å². The van der Waals surface area contributed by atoms with E-state index in [1.54, 1.807) is 44.9 Å². The van der Waals surface area contributed by atoms with E-state index < -0.39 is 24.2 Å². The van der Waals surface area contributed by atoms with Crippen LogP contribution >= 0.6 is 0 Å². The van der Waals surface area contributed by atoms with Crippen molar-refractivity contribution in [3.05, 3.63) is 18.0 Å². The van der Waals surface area contributed by atoms with Crippen molar-refractivity contribution in [2.24, 2.45) is 7.05 Å². The minimum Gasteiger partial charge on any atom is -0.480 e. The van der Waals surface area contributed by atoms with Crippen LogP contribution < -0.4 is 0 Å². The van der Waals surface area contributed by atoms with Crippen LogP contribution in [-0.2, 0) is 23.1 Å². The fourth-order valence-corrected chi connectivity index (χ4v) is 1.45. The third-order valence-corrected chi connectivity index (χ3v) is 2.11. The summed E-state index contributed by atoms with van der Waals surface area (Å²) in [5.74, 6) is -1.09. The smallest absolute Gasteiger partial charge is 0.411 e. The third-order valence-electron chi connectivity index (χ3n) is 2.11. The van der Waals surface area contributed by atoms with E-state index in [9.17, 15) is 9.59 Å². The van der Waals surface area contributed by atoms with Crippen LogP contribution in [0.1, 0.15) is 26.3 Å². The van der Waals surface area contributed by atoms with Crippen LogP contribution in [0.5, 0.6) is 0 Å². The minimum atomic E-state index is -1.09. The van der Waals surface area contributed by atoms with Crippen molar-refractivity contribution in [2.45, 2.75) is 32.9 Å². The monoisotopic (exact) mass is 269 g/mol. The molecule has 0 saturated heterocycles. The lowest BCUT2D eigenvalue weighted by atomic mass is 10.2. The summed E-state index contributed by atoms with van der Waals surface area (Å²) in [5.41, 5.74) is 0.0811. The van der Waals surface area contributed by atoms with Crippen molar-refractivity contribution >= 4 is 12.1 Å². The van der Waals surface area contributed by atoms with Gasteiger partial charge in [-0.15, -0.1) is 0 Å². The Hall–Kier alpha value is -2.05. The van der Waals surface area contributed by atoms with E-state index >= 15 is 0 Å². The van der Waals surface area contributed by atoms with Gasteiger partial charge in [-0.05, 0) is 20.8 Å². The van der Waals surface area contributed by atoms with Crippen molar-refractivity contribution in [1.82, 2.24) is 14.7 Å². The van der Waals surface area contributed by atoms with Crippen LogP contribution in [0, 0.1) is 0 Å². The van der Waals surface area contributed by atoms with Crippen LogP contribution in [0.25, 0.3) is 0 Å². The maximum Gasteiger partial charge on any atom is 0.411 e. The summed E-state index contributed by atoms with van der Waals surface area (Å²) in [4.78, 5) is 23.9. The quantitative estimate of drug-likeness (QED) is 0.889. The number of aliphatic carboxylic acids is 1. The average Bonchev–Trinajstić information content (AvgIpc) is 2.59. The molecule has 0 aliphatic rings. The van der Waals surface area contributed by atoms with Crippen molar-refractivity contribution in [3.63, 3.8) is 0 Å². The van der Waals surface area contributed by atoms with Gasteiger partial charge in [0.05, 0.1) is 12.7 Å². The maximum atomic E-state index is 11.9. The van der Waals surface area contributed by atoms with E-state index in [0.29, 0.717) is 0 Å². The Bertz CT molecular complexity index is 462. The Morgan fingerprint density at radius 3 is 2.53 bits per heavy atom. The van der Waals surface area contributed by atoms with Gasteiger partial charge in [-0.2, -0.15) is 5.10 Å². The molecule has 0 saturated carbocycles. The molecule has 0 radical (unpaired) electrons. The maximum absolute atomic E-state index is 11.9. The number of ether oxygens (including phenoxy) is 1. The molecule has 0 bridgehead atoms. The van der Waals surface area contributed by atoms with Crippen molar-refractivity contribution in [1.29, 1.82) is 0 Å². The van der Waals surface area contributed by atoms with Gasteiger partial charge in [-0.25, -0.2) is 4.79 Å². The Morgan fingerprint density at radius 1 is 1.47 bits per heavy atom. The molecule has 0 aromatic carbocycles. The van der Waals surface area contributed by atoms with Gasteiger partial charge < -0.3 is 9.84 Å². The highest BCUT2D eigenvalue weighted by atomic mass is 16.6. The number of nitrogens with zero attached hydrogens (tertiary/aromatic N) is 3. The van der Waals surface area contributed by atoms with Gasteiger partial charge in [-0.3, -0.25) is 14.4 Å². The summed E-state index contributed by atoms with van der Waals surface area (Å²) in [7, 11) is 1.75. The zero-order valence-corrected chi connectivity index (χ0v) is 11.6. The summed E-state index contributed by atoms with van der Waals surface area (Å²) in [6, 6.07) is 0. The van der Waals surface area contributed by atoms with Gasteiger partial charge in [0.15, 0.2) is 0 Å². The van der Waals surface area contributed by atoms with Gasteiger partial charge >= 0.3 is 12.1 Å². The highest BCUT2D eigenvalue weighted by Gasteiger charge is 2.24. The Labute approximate surface area is 111 Å². The van der Waals surface area contributed by atoms with Gasteiger partial charge in [0.2, 0.25) is 0 Å². The second-order valence-electron chi connectivity index (χ2n) is 5.25. The number of rotatable bonds is 4. The standard InChI is InChI=1S/C12H19N3O4/c1-12(2,3)19-11(18)15(8-10(16)17)7-9-5-13-14(4)6-9/h5-6H,7-8H2,1-4H3,(H,16,17). The van der Waals surface area contributed by atoms with Crippen LogP contribution in [0.15, 0.2) is 12.4 Å².